The molecular formula is C25H23ClN4O4S. The van der Waals surface area contributed by atoms with Gasteiger partial charge in [-0.3, -0.25) is 0 Å². The summed E-state index contributed by atoms with van der Waals surface area (Å²) >= 11 is 6.56. The summed E-state index contributed by atoms with van der Waals surface area (Å²) in [6, 6.07) is 15.6. The normalized spacial score (nSPS) is 18.1. The van der Waals surface area contributed by atoms with Crippen LogP contribution in [0, 0.1) is 6.92 Å². The molecule has 35 heavy (non-hydrogen) atoms. The topological polar surface area (TPSA) is 93.9 Å². The number of carbonyl (C=O) groups is 1. The number of ether oxygens (including phenoxy) is 1. The molecule has 0 saturated carbocycles. The molecule has 10 heteroatoms. The van der Waals surface area contributed by atoms with E-state index in [0.29, 0.717) is 35.1 Å². The van der Waals surface area contributed by atoms with E-state index in [4.69, 9.17) is 16.3 Å². The minimum atomic E-state index is -3.54. The number of hydrogen-bond acceptors (Lipinski definition) is 6. The molecule has 2 aromatic carbocycles. The second kappa shape index (κ2) is 9.41. The predicted octanol–water partition coefficient (Wildman–Crippen LogP) is 4.35. The molecule has 0 bridgehead atoms. The zero-order valence-corrected chi connectivity index (χ0v) is 20.6. The number of aromatic nitrogens is 2. The number of nitrogens with zero attached hydrogens (tertiary/aromatic N) is 4. The van der Waals surface area contributed by atoms with Gasteiger partial charge in [0, 0.05) is 24.2 Å². The molecule has 3 aromatic rings. The van der Waals surface area contributed by atoms with Gasteiger partial charge in [-0.15, -0.1) is 0 Å². The molecule has 8 nitrogen and oxygen atoms in total. The summed E-state index contributed by atoms with van der Waals surface area (Å²) in [4.78, 5) is 17.1. The second-order valence-corrected chi connectivity index (χ2v) is 10.7. The van der Waals surface area contributed by atoms with Crippen LogP contribution in [0.2, 0.25) is 5.15 Å². The van der Waals surface area contributed by atoms with Gasteiger partial charge in [-0.2, -0.15) is 9.40 Å². The van der Waals surface area contributed by atoms with E-state index < -0.39 is 16.0 Å². The van der Waals surface area contributed by atoms with Crippen molar-refractivity contribution in [1.29, 1.82) is 0 Å². The Balaban J connectivity index is 1.41. The van der Waals surface area contributed by atoms with Crippen molar-refractivity contribution in [3.63, 3.8) is 0 Å². The van der Waals surface area contributed by atoms with E-state index in [1.54, 1.807) is 29.8 Å². The number of halogens is 1. The second-order valence-electron chi connectivity index (χ2n) is 8.36. The van der Waals surface area contributed by atoms with Crippen molar-refractivity contribution >= 4 is 39.6 Å². The van der Waals surface area contributed by atoms with Gasteiger partial charge in [0.25, 0.3) is 0 Å². The fourth-order valence-electron chi connectivity index (χ4n) is 4.11. The van der Waals surface area contributed by atoms with Crippen LogP contribution in [0.5, 0.6) is 0 Å². The van der Waals surface area contributed by atoms with E-state index in [2.05, 4.69) is 10.1 Å². The van der Waals surface area contributed by atoms with Crippen LogP contribution in [0.25, 0.3) is 11.8 Å². The smallest absolute Gasteiger partial charge is 0.363 e. The van der Waals surface area contributed by atoms with Crippen molar-refractivity contribution < 1.29 is 17.9 Å². The van der Waals surface area contributed by atoms with E-state index in [1.807, 2.05) is 30.3 Å². The summed E-state index contributed by atoms with van der Waals surface area (Å²) in [5, 5.41) is 4.83. The maximum absolute atomic E-state index is 12.9. The highest BCUT2D eigenvalue weighted by Crippen LogP contribution is 2.28. The number of piperidine rings is 1. The number of esters is 1. The molecule has 0 unspecified atom stereocenters. The third-order valence-electron chi connectivity index (χ3n) is 6.00. The first-order valence-corrected chi connectivity index (χ1v) is 13.1. The lowest BCUT2D eigenvalue weighted by atomic mass is 10.2. The standard InChI is InChI=1S/C25H23ClN4O4S/c1-17-21(23(26)30(28-17)19-8-4-2-5-9-19)16-22-25(31)34-24(27-22)18-10-12-20(13-11-18)35(32,33)29-14-6-3-7-15-29/h2,4-5,8-13,16H,3,6-7,14-15H2,1H3/b22-16-. The molecule has 0 N–H and O–H groups in total. The first kappa shape index (κ1) is 23.5. The number of cyclic esters (lactones) is 1. The molecule has 2 aliphatic heterocycles. The Morgan fingerprint density at radius 1 is 1.00 bits per heavy atom. The van der Waals surface area contributed by atoms with Crippen LogP contribution in [0.4, 0.5) is 0 Å². The lowest BCUT2D eigenvalue weighted by Crippen LogP contribution is -2.35. The van der Waals surface area contributed by atoms with Crippen LogP contribution in [0.15, 0.2) is 70.2 Å². The summed E-state index contributed by atoms with van der Waals surface area (Å²) in [7, 11) is -3.54. The summed E-state index contributed by atoms with van der Waals surface area (Å²) < 4.78 is 34.2. The summed E-state index contributed by atoms with van der Waals surface area (Å²) in [6.07, 6.45) is 4.33. The molecule has 0 radical (unpaired) electrons. The minimum absolute atomic E-state index is 0.0858. The van der Waals surface area contributed by atoms with Gasteiger partial charge in [0.1, 0.15) is 5.15 Å². The van der Waals surface area contributed by atoms with Crippen LogP contribution in [-0.4, -0.2) is 47.5 Å². The fraction of sp³-hybridized carbons (Fsp3) is 0.240. The van der Waals surface area contributed by atoms with E-state index >= 15 is 0 Å². The molecule has 5 rings (SSSR count). The third kappa shape index (κ3) is 4.54. The quantitative estimate of drug-likeness (QED) is 0.375. The molecule has 2 aliphatic rings. The molecule has 0 amide bonds. The summed E-state index contributed by atoms with van der Waals surface area (Å²) in [5.74, 6) is -0.514. The first-order chi connectivity index (χ1) is 16.8. The number of benzene rings is 2. The van der Waals surface area contributed by atoms with Gasteiger partial charge in [-0.1, -0.05) is 36.2 Å². The van der Waals surface area contributed by atoms with Crippen molar-refractivity contribution in [3.05, 3.63) is 82.3 Å². The van der Waals surface area contributed by atoms with Gasteiger partial charge in [-0.05, 0) is 62.2 Å². The largest absolute Gasteiger partial charge is 0.402 e. The fourth-order valence-corrected chi connectivity index (χ4v) is 5.95. The zero-order chi connectivity index (χ0) is 24.6. The number of aliphatic imine (C=N–C) groups is 1. The van der Waals surface area contributed by atoms with Crippen molar-refractivity contribution in [2.45, 2.75) is 31.1 Å². The molecule has 180 valence electrons. The number of carbonyl (C=O) groups excluding carboxylic acids is 1. The molecule has 0 spiro atoms. The van der Waals surface area contributed by atoms with E-state index in [0.717, 1.165) is 24.9 Å². The number of rotatable bonds is 5. The van der Waals surface area contributed by atoms with Crippen molar-refractivity contribution in [3.8, 4) is 5.69 Å². The number of aryl methyl sites for hydroxylation is 1. The molecular weight excluding hydrogens is 488 g/mol. The first-order valence-electron chi connectivity index (χ1n) is 11.3. The minimum Gasteiger partial charge on any atom is -0.402 e. The molecule has 1 saturated heterocycles. The Kier molecular flexibility index (Phi) is 6.31. The monoisotopic (exact) mass is 510 g/mol. The number of sulfonamides is 1. The zero-order valence-electron chi connectivity index (χ0n) is 19.0. The van der Waals surface area contributed by atoms with Gasteiger partial charge in [-0.25, -0.2) is 22.9 Å². The highest BCUT2D eigenvalue weighted by atomic mass is 35.5. The van der Waals surface area contributed by atoms with Gasteiger partial charge >= 0.3 is 5.97 Å². The van der Waals surface area contributed by atoms with Crippen molar-refractivity contribution in [2.75, 3.05) is 13.1 Å². The van der Waals surface area contributed by atoms with E-state index in [9.17, 15) is 13.2 Å². The molecule has 1 aromatic heterocycles. The highest BCUT2D eigenvalue weighted by Gasteiger charge is 2.28. The predicted molar refractivity (Wildman–Crippen MR) is 133 cm³/mol. The summed E-state index contributed by atoms with van der Waals surface area (Å²) in [5.41, 5.74) is 2.58. The van der Waals surface area contributed by atoms with E-state index in [1.165, 1.54) is 16.4 Å². The Morgan fingerprint density at radius 2 is 1.69 bits per heavy atom. The SMILES string of the molecule is Cc1nn(-c2ccccc2)c(Cl)c1/C=C1\N=C(c2ccc(S(=O)(=O)N3CCCCC3)cc2)OC1=O. The number of hydrogen-bond donors (Lipinski definition) is 0. The van der Waals surface area contributed by atoms with Crippen LogP contribution >= 0.6 is 11.6 Å². The van der Waals surface area contributed by atoms with Gasteiger partial charge in [0.05, 0.1) is 16.3 Å². The average Bonchev–Trinajstić information content (AvgIpc) is 3.39. The van der Waals surface area contributed by atoms with Crippen LogP contribution in [-0.2, 0) is 19.6 Å². The van der Waals surface area contributed by atoms with Gasteiger partial charge in [0.2, 0.25) is 15.9 Å². The maximum Gasteiger partial charge on any atom is 0.363 e. The van der Waals surface area contributed by atoms with Gasteiger partial charge < -0.3 is 4.74 Å². The average molecular weight is 511 g/mol. The highest BCUT2D eigenvalue weighted by molar-refractivity contribution is 7.89. The Hall–Kier alpha value is -3.27. The molecule has 3 heterocycles. The third-order valence-corrected chi connectivity index (χ3v) is 8.28. The maximum atomic E-state index is 12.9. The van der Waals surface area contributed by atoms with Gasteiger partial charge in [0.15, 0.2) is 5.70 Å². The van der Waals surface area contributed by atoms with Crippen LogP contribution in [0.3, 0.4) is 0 Å². The number of para-hydroxylation sites is 1. The lowest BCUT2D eigenvalue weighted by Gasteiger charge is -2.25. The summed E-state index contributed by atoms with van der Waals surface area (Å²) in [6.45, 7) is 2.86. The van der Waals surface area contributed by atoms with Crippen molar-refractivity contribution in [1.82, 2.24) is 14.1 Å². The Morgan fingerprint density at radius 3 is 2.37 bits per heavy atom. The molecule has 0 aliphatic carbocycles. The van der Waals surface area contributed by atoms with Crippen LogP contribution < -0.4 is 0 Å². The van der Waals surface area contributed by atoms with E-state index in [-0.39, 0.29) is 16.5 Å². The molecule has 1 fully saturated rings. The Labute approximate surface area is 208 Å². The van der Waals surface area contributed by atoms with Crippen LogP contribution in [0.1, 0.15) is 36.1 Å². The molecule has 0 atom stereocenters. The van der Waals surface area contributed by atoms with Crippen molar-refractivity contribution in [2.24, 2.45) is 4.99 Å². The Bertz CT molecular complexity index is 1440. The lowest BCUT2D eigenvalue weighted by molar-refractivity contribution is -0.129.